The minimum absolute atomic E-state index is 0.0171. The number of carbonyl (C=O) groups is 1. The average Bonchev–Trinajstić information content (AvgIpc) is 2.96. The van der Waals surface area contributed by atoms with E-state index in [1.165, 1.54) is 5.56 Å². The first-order valence-electron chi connectivity index (χ1n) is 12.5. The van der Waals surface area contributed by atoms with Crippen molar-refractivity contribution in [3.05, 3.63) is 130 Å². The number of benzene rings is 4. The Morgan fingerprint density at radius 1 is 0.975 bits per heavy atom. The number of rotatable bonds is 8. The second-order valence-corrected chi connectivity index (χ2v) is 9.57. The molecule has 4 aromatic rings. The summed E-state index contributed by atoms with van der Waals surface area (Å²) in [4.78, 5) is 12.4. The van der Waals surface area contributed by atoms with Crippen molar-refractivity contribution in [3.8, 4) is 29.1 Å². The second-order valence-electron chi connectivity index (χ2n) is 9.16. The Hall–Kier alpha value is -4.93. The summed E-state index contributed by atoms with van der Waals surface area (Å²) in [6.45, 7) is 2.11. The lowest BCUT2D eigenvalue weighted by Crippen LogP contribution is -2.21. The fourth-order valence-corrected chi connectivity index (χ4v) is 4.53. The molecule has 1 atom stereocenters. The van der Waals surface area contributed by atoms with Crippen LogP contribution in [0.25, 0.3) is 0 Å². The van der Waals surface area contributed by atoms with E-state index in [4.69, 9.17) is 36.3 Å². The first-order chi connectivity index (χ1) is 19.4. The van der Waals surface area contributed by atoms with Crippen LogP contribution in [0.3, 0.4) is 0 Å². The normalized spacial score (nSPS) is 14.0. The molecule has 0 saturated heterocycles. The molecule has 2 N–H and O–H groups in total. The largest absolute Gasteiger partial charge is 0.489 e. The van der Waals surface area contributed by atoms with Gasteiger partial charge < -0.3 is 24.7 Å². The predicted molar refractivity (Wildman–Crippen MR) is 150 cm³/mol. The van der Waals surface area contributed by atoms with Crippen LogP contribution in [-0.2, 0) is 11.4 Å². The molecule has 40 heavy (non-hydrogen) atoms. The zero-order chi connectivity index (χ0) is 28.1. The van der Waals surface area contributed by atoms with Crippen LogP contribution in [0.4, 0.5) is 0 Å². The molecule has 0 aliphatic carbocycles. The van der Waals surface area contributed by atoms with E-state index >= 15 is 0 Å². The van der Waals surface area contributed by atoms with Gasteiger partial charge in [0.1, 0.15) is 41.2 Å². The van der Waals surface area contributed by atoms with E-state index in [0.29, 0.717) is 34.4 Å². The van der Waals surface area contributed by atoms with Crippen molar-refractivity contribution < 1.29 is 23.7 Å². The number of ether oxygens (including phenoxy) is 4. The van der Waals surface area contributed by atoms with Crippen molar-refractivity contribution in [1.29, 1.82) is 5.26 Å². The number of esters is 1. The highest BCUT2D eigenvalue weighted by Gasteiger charge is 2.31. The second kappa shape index (κ2) is 11.9. The molecule has 0 bridgehead atoms. The third-order valence-electron chi connectivity index (χ3n) is 6.32. The molecule has 5 rings (SSSR count). The molecule has 4 aromatic carbocycles. The Morgan fingerprint density at radius 3 is 2.55 bits per heavy atom. The number of hydrogen-bond acceptors (Lipinski definition) is 7. The van der Waals surface area contributed by atoms with Crippen LogP contribution in [-0.4, -0.2) is 12.6 Å². The average molecular weight is 553 g/mol. The summed E-state index contributed by atoms with van der Waals surface area (Å²) in [6.07, 6.45) is 0. The Bertz CT molecular complexity index is 1630. The van der Waals surface area contributed by atoms with Crippen molar-refractivity contribution in [3.63, 3.8) is 0 Å². The van der Waals surface area contributed by atoms with E-state index in [1.54, 1.807) is 42.5 Å². The van der Waals surface area contributed by atoms with Gasteiger partial charge in [0.25, 0.3) is 0 Å². The van der Waals surface area contributed by atoms with E-state index in [0.717, 1.165) is 11.1 Å². The van der Waals surface area contributed by atoms with Gasteiger partial charge >= 0.3 is 5.97 Å². The fourth-order valence-electron chi connectivity index (χ4n) is 4.34. The van der Waals surface area contributed by atoms with Crippen LogP contribution in [0, 0.1) is 18.3 Å². The highest BCUT2D eigenvalue weighted by molar-refractivity contribution is 6.32. The molecule has 0 spiro atoms. The predicted octanol–water partition coefficient (Wildman–Crippen LogP) is 6.43. The lowest BCUT2D eigenvalue weighted by molar-refractivity contribution is -0.136. The number of nitrogens with two attached hydrogens (primary N) is 1. The van der Waals surface area contributed by atoms with E-state index in [-0.39, 0.29) is 23.8 Å². The monoisotopic (exact) mass is 552 g/mol. The van der Waals surface area contributed by atoms with Gasteiger partial charge in [-0.2, -0.15) is 5.26 Å². The lowest BCUT2D eigenvalue weighted by Gasteiger charge is -2.27. The van der Waals surface area contributed by atoms with E-state index in [1.807, 2.05) is 55.5 Å². The van der Waals surface area contributed by atoms with Gasteiger partial charge in [0.05, 0.1) is 10.9 Å². The third kappa shape index (κ3) is 6.04. The van der Waals surface area contributed by atoms with Gasteiger partial charge in [-0.05, 0) is 48.4 Å². The van der Waals surface area contributed by atoms with Crippen molar-refractivity contribution in [2.45, 2.75) is 19.4 Å². The SMILES string of the molecule is Cc1ccc(COc2cccc(C3C(C#N)=C(N)Oc4cc(OC(=O)COc5ccccc5Cl)ccc43)c2)cc1. The number of nitriles is 1. The van der Waals surface area contributed by atoms with Crippen molar-refractivity contribution in [2.24, 2.45) is 5.73 Å². The van der Waals surface area contributed by atoms with Crippen LogP contribution in [0.1, 0.15) is 28.2 Å². The van der Waals surface area contributed by atoms with Crippen molar-refractivity contribution in [1.82, 2.24) is 0 Å². The van der Waals surface area contributed by atoms with Crippen LogP contribution < -0.4 is 24.7 Å². The lowest BCUT2D eigenvalue weighted by atomic mass is 9.83. The molecule has 200 valence electrons. The minimum atomic E-state index is -0.619. The smallest absolute Gasteiger partial charge is 0.349 e. The van der Waals surface area contributed by atoms with Crippen LogP contribution in [0.5, 0.6) is 23.0 Å². The Balaban J connectivity index is 1.34. The topological polar surface area (TPSA) is 104 Å². The standard InChI is InChI=1S/C32H25ClN2O5/c1-20-9-11-21(12-10-20)18-37-23-6-4-5-22(15-23)31-25-14-13-24(16-29(25)40-32(35)26(31)17-34)39-30(36)19-38-28-8-3-2-7-27(28)33/h2-16,31H,18-19,35H2,1H3. The zero-order valence-corrected chi connectivity index (χ0v) is 22.4. The molecule has 0 fully saturated rings. The van der Waals surface area contributed by atoms with Gasteiger partial charge in [-0.1, -0.05) is 71.8 Å². The van der Waals surface area contributed by atoms with Gasteiger partial charge in [-0.3, -0.25) is 0 Å². The maximum atomic E-state index is 12.4. The van der Waals surface area contributed by atoms with Crippen LogP contribution in [0.15, 0.2) is 102 Å². The molecule has 0 amide bonds. The Morgan fingerprint density at radius 2 is 1.77 bits per heavy atom. The summed E-state index contributed by atoms with van der Waals surface area (Å²) in [5.41, 5.74) is 10.2. The molecule has 1 aliphatic rings. The van der Waals surface area contributed by atoms with Gasteiger partial charge in [-0.25, -0.2) is 4.79 Å². The molecule has 1 aliphatic heterocycles. The van der Waals surface area contributed by atoms with E-state index in [2.05, 4.69) is 6.07 Å². The van der Waals surface area contributed by atoms with Crippen molar-refractivity contribution in [2.75, 3.05) is 6.61 Å². The van der Waals surface area contributed by atoms with E-state index < -0.39 is 11.9 Å². The maximum absolute atomic E-state index is 12.4. The Kier molecular flexibility index (Phi) is 7.90. The third-order valence-corrected chi connectivity index (χ3v) is 6.63. The molecule has 1 heterocycles. The summed E-state index contributed by atoms with van der Waals surface area (Å²) in [6, 6.07) is 29.6. The summed E-state index contributed by atoms with van der Waals surface area (Å²) in [5, 5.41) is 10.3. The number of hydrogen-bond donors (Lipinski definition) is 1. The number of fused-ring (bicyclic) bond motifs is 1. The molecule has 0 saturated carbocycles. The summed E-state index contributed by atoms with van der Waals surface area (Å²) >= 11 is 6.07. The first kappa shape index (κ1) is 26.7. The molecule has 1 unspecified atom stereocenters. The minimum Gasteiger partial charge on any atom is -0.489 e. The quantitative estimate of drug-likeness (QED) is 0.198. The van der Waals surface area contributed by atoms with Gasteiger partial charge in [0.15, 0.2) is 6.61 Å². The molecular formula is C32H25ClN2O5. The number of nitrogens with zero attached hydrogens (tertiary/aromatic N) is 1. The highest BCUT2D eigenvalue weighted by atomic mass is 35.5. The zero-order valence-electron chi connectivity index (χ0n) is 21.6. The number of aryl methyl sites for hydroxylation is 1. The first-order valence-corrected chi connectivity index (χ1v) is 12.9. The van der Waals surface area contributed by atoms with Crippen LogP contribution >= 0.6 is 11.6 Å². The van der Waals surface area contributed by atoms with E-state index in [9.17, 15) is 10.1 Å². The van der Waals surface area contributed by atoms with Gasteiger partial charge in [0.2, 0.25) is 5.88 Å². The number of para-hydroxylation sites is 1. The summed E-state index contributed by atoms with van der Waals surface area (Å²) in [7, 11) is 0. The van der Waals surface area contributed by atoms with Crippen molar-refractivity contribution >= 4 is 17.6 Å². The molecule has 7 nitrogen and oxygen atoms in total. The molecule has 0 aromatic heterocycles. The van der Waals surface area contributed by atoms with Gasteiger partial charge in [-0.15, -0.1) is 0 Å². The summed E-state index contributed by atoms with van der Waals surface area (Å²) in [5.74, 6) is 0.530. The highest BCUT2D eigenvalue weighted by Crippen LogP contribution is 2.44. The number of halogens is 1. The van der Waals surface area contributed by atoms with Gasteiger partial charge in [0, 0.05) is 11.6 Å². The molecule has 8 heteroatoms. The van der Waals surface area contributed by atoms with Crippen LogP contribution in [0.2, 0.25) is 5.02 Å². The fraction of sp³-hybridized carbons (Fsp3) is 0.125. The molecular weight excluding hydrogens is 528 g/mol. The number of carbonyl (C=O) groups excluding carboxylic acids is 1. The number of allylic oxidation sites excluding steroid dienone is 1. The summed E-state index contributed by atoms with van der Waals surface area (Å²) < 4.78 is 22.7. The molecule has 0 radical (unpaired) electrons. The maximum Gasteiger partial charge on any atom is 0.349 e. The Labute approximate surface area is 236 Å².